The summed E-state index contributed by atoms with van der Waals surface area (Å²) in [7, 11) is 1.48. The number of rotatable bonds is 5. The van der Waals surface area contributed by atoms with Gasteiger partial charge in [0.2, 0.25) is 0 Å². The molecule has 0 aromatic heterocycles. The van der Waals surface area contributed by atoms with Gasteiger partial charge in [-0.15, -0.1) is 0 Å². The van der Waals surface area contributed by atoms with Gasteiger partial charge in [-0.2, -0.15) is 0 Å². The molecule has 0 aromatic rings. The number of hydrogen-bond acceptors (Lipinski definition) is 4. The van der Waals surface area contributed by atoms with Crippen molar-refractivity contribution in [3.8, 4) is 0 Å². The van der Waals surface area contributed by atoms with Gasteiger partial charge >= 0.3 is 5.97 Å². The second-order valence-corrected chi connectivity index (χ2v) is 4.05. The molecule has 1 heterocycles. The lowest BCUT2D eigenvalue weighted by atomic mass is 9.78. The third kappa shape index (κ3) is 3.15. The molecule has 2 atom stereocenters. The summed E-state index contributed by atoms with van der Waals surface area (Å²) < 4.78 is 9.98. The van der Waals surface area contributed by atoms with Gasteiger partial charge in [0.15, 0.2) is 0 Å². The topological polar surface area (TPSA) is 76.0 Å². The van der Waals surface area contributed by atoms with E-state index in [1.807, 2.05) is 0 Å². The van der Waals surface area contributed by atoms with Crippen LogP contribution in [0.3, 0.4) is 0 Å². The number of aliphatic hydroxyl groups is 1. The highest BCUT2D eigenvalue weighted by atomic mass is 16.5. The van der Waals surface area contributed by atoms with E-state index in [4.69, 9.17) is 9.47 Å². The van der Waals surface area contributed by atoms with Crippen LogP contribution in [0.15, 0.2) is 0 Å². The fourth-order valence-corrected chi connectivity index (χ4v) is 1.97. The first-order valence-electron chi connectivity index (χ1n) is 5.09. The van der Waals surface area contributed by atoms with Gasteiger partial charge in [-0.3, -0.25) is 4.79 Å². The molecule has 1 aliphatic heterocycles. The van der Waals surface area contributed by atoms with Gasteiger partial charge in [-0.1, -0.05) is 0 Å². The molecule has 1 saturated heterocycles. The zero-order valence-corrected chi connectivity index (χ0v) is 8.94. The van der Waals surface area contributed by atoms with E-state index in [1.165, 1.54) is 7.11 Å². The van der Waals surface area contributed by atoms with Crippen LogP contribution >= 0.6 is 0 Å². The van der Waals surface area contributed by atoms with Gasteiger partial charge in [-0.05, 0) is 19.3 Å². The first-order valence-corrected chi connectivity index (χ1v) is 5.09. The first-order chi connectivity index (χ1) is 7.10. The zero-order valence-electron chi connectivity index (χ0n) is 8.94. The Bertz CT molecular complexity index is 210. The fourth-order valence-electron chi connectivity index (χ4n) is 1.97. The van der Waals surface area contributed by atoms with E-state index in [1.54, 1.807) is 0 Å². The Morgan fingerprint density at radius 2 is 2.40 bits per heavy atom. The van der Waals surface area contributed by atoms with Crippen molar-refractivity contribution in [1.82, 2.24) is 0 Å². The lowest BCUT2D eigenvalue weighted by Gasteiger charge is -2.34. The maximum absolute atomic E-state index is 11.2. The monoisotopic (exact) mass is 218 g/mol. The Morgan fingerprint density at radius 1 is 1.67 bits per heavy atom. The molecule has 0 aromatic carbocycles. The lowest BCUT2D eigenvalue weighted by Crippen LogP contribution is -2.42. The molecule has 88 valence electrons. The number of carboxylic acids is 1. The van der Waals surface area contributed by atoms with Crippen LogP contribution < -0.4 is 0 Å². The predicted octanol–water partition coefficient (Wildman–Crippen LogP) is 0.265. The quantitative estimate of drug-likeness (QED) is 0.692. The van der Waals surface area contributed by atoms with Crippen molar-refractivity contribution in [2.45, 2.75) is 25.4 Å². The van der Waals surface area contributed by atoms with Gasteiger partial charge in [0.1, 0.15) is 0 Å². The average molecular weight is 218 g/mol. The number of aliphatic hydroxyl groups excluding tert-OH is 1. The van der Waals surface area contributed by atoms with Crippen molar-refractivity contribution < 1.29 is 24.5 Å². The summed E-state index contributed by atoms with van der Waals surface area (Å²) >= 11 is 0. The maximum atomic E-state index is 11.2. The molecule has 0 amide bonds. The molecule has 0 radical (unpaired) electrons. The third-order valence-electron chi connectivity index (χ3n) is 2.76. The molecule has 2 N–H and O–H groups in total. The van der Waals surface area contributed by atoms with Crippen molar-refractivity contribution in [3.63, 3.8) is 0 Å². The summed E-state index contributed by atoms with van der Waals surface area (Å²) in [6, 6.07) is 0. The molecule has 0 saturated carbocycles. The van der Waals surface area contributed by atoms with Gasteiger partial charge in [0.05, 0.1) is 24.7 Å². The van der Waals surface area contributed by atoms with Crippen molar-refractivity contribution in [3.05, 3.63) is 0 Å². The van der Waals surface area contributed by atoms with Gasteiger partial charge in [-0.25, -0.2) is 0 Å². The van der Waals surface area contributed by atoms with Crippen LogP contribution in [0.4, 0.5) is 0 Å². The molecule has 0 aliphatic carbocycles. The lowest BCUT2D eigenvalue weighted by molar-refractivity contribution is -0.161. The Morgan fingerprint density at radius 3 is 2.87 bits per heavy atom. The fraction of sp³-hybridized carbons (Fsp3) is 0.900. The van der Waals surface area contributed by atoms with E-state index in [9.17, 15) is 15.0 Å². The van der Waals surface area contributed by atoms with Crippen LogP contribution in [-0.2, 0) is 14.3 Å². The first kappa shape index (κ1) is 12.4. The molecule has 2 unspecified atom stereocenters. The van der Waals surface area contributed by atoms with E-state index in [0.29, 0.717) is 13.0 Å². The second kappa shape index (κ2) is 5.44. The summed E-state index contributed by atoms with van der Waals surface area (Å²) in [6.07, 6.45) is 0.735. The highest BCUT2D eigenvalue weighted by Crippen LogP contribution is 2.33. The zero-order chi connectivity index (χ0) is 11.3. The molecular weight excluding hydrogens is 200 g/mol. The minimum atomic E-state index is -0.934. The predicted molar refractivity (Wildman–Crippen MR) is 52.6 cm³/mol. The molecule has 0 spiro atoms. The number of carbonyl (C=O) groups is 1. The summed E-state index contributed by atoms with van der Waals surface area (Å²) in [5.74, 6) is -0.891. The summed E-state index contributed by atoms with van der Waals surface area (Å²) in [5, 5.41) is 18.7. The minimum absolute atomic E-state index is 0.162. The largest absolute Gasteiger partial charge is 0.481 e. The van der Waals surface area contributed by atoms with E-state index >= 15 is 0 Å². The number of ether oxygens (including phenoxy) is 2. The third-order valence-corrected chi connectivity index (χ3v) is 2.76. The van der Waals surface area contributed by atoms with Crippen LogP contribution in [-0.4, -0.2) is 49.2 Å². The number of hydrogen-bond donors (Lipinski definition) is 2. The smallest absolute Gasteiger partial charge is 0.312 e. The number of methoxy groups -OCH3 is 1. The van der Waals surface area contributed by atoms with Gasteiger partial charge in [0, 0.05) is 13.7 Å². The van der Waals surface area contributed by atoms with E-state index < -0.39 is 17.5 Å². The Balaban J connectivity index is 2.60. The summed E-state index contributed by atoms with van der Waals surface area (Å²) in [6.45, 7) is 0.952. The van der Waals surface area contributed by atoms with Crippen LogP contribution in [0.25, 0.3) is 0 Å². The molecule has 1 aliphatic rings. The van der Waals surface area contributed by atoms with Crippen LogP contribution in [0, 0.1) is 5.41 Å². The van der Waals surface area contributed by atoms with Crippen molar-refractivity contribution in [2.24, 2.45) is 5.41 Å². The highest BCUT2D eigenvalue weighted by Gasteiger charge is 2.42. The summed E-state index contributed by atoms with van der Waals surface area (Å²) in [4.78, 5) is 11.2. The molecule has 0 bridgehead atoms. The van der Waals surface area contributed by atoms with E-state index in [2.05, 4.69) is 0 Å². The molecule has 5 nitrogen and oxygen atoms in total. The maximum Gasteiger partial charge on any atom is 0.312 e. The summed E-state index contributed by atoms with van der Waals surface area (Å²) in [5.41, 5.74) is -0.934. The highest BCUT2D eigenvalue weighted by molar-refractivity contribution is 5.75. The molecule has 1 rings (SSSR count). The SMILES string of the molecule is COCC(O)CC1(C(=O)O)CCCOC1. The second-order valence-electron chi connectivity index (χ2n) is 4.05. The van der Waals surface area contributed by atoms with Crippen LogP contribution in [0.2, 0.25) is 0 Å². The van der Waals surface area contributed by atoms with Gasteiger partial charge < -0.3 is 19.7 Å². The molecular formula is C10H18O5. The van der Waals surface area contributed by atoms with Gasteiger partial charge in [0.25, 0.3) is 0 Å². The van der Waals surface area contributed by atoms with Crippen LogP contribution in [0.1, 0.15) is 19.3 Å². The molecule has 15 heavy (non-hydrogen) atoms. The standard InChI is InChI=1S/C10H18O5/c1-14-6-8(11)5-10(9(12)13)3-2-4-15-7-10/h8,11H,2-7H2,1H3,(H,12,13). The normalized spacial score (nSPS) is 28.7. The average Bonchev–Trinajstić information content (AvgIpc) is 2.19. The molecule has 1 fully saturated rings. The van der Waals surface area contributed by atoms with Crippen molar-refractivity contribution >= 4 is 5.97 Å². The van der Waals surface area contributed by atoms with Crippen molar-refractivity contribution in [1.29, 1.82) is 0 Å². The van der Waals surface area contributed by atoms with E-state index in [0.717, 1.165) is 6.42 Å². The molecule has 5 heteroatoms. The Labute approximate surface area is 89.0 Å². The van der Waals surface area contributed by atoms with Crippen molar-refractivity contribution in [2.75, 3.05) is 26.9 Å². The number of carboxylic acid groups (broad SMARTS) is 1. The number of aliphatic carboxylic acids is 1. The Hall–Kier alpha value is -0.650. The Kier molecular flexibility index (Phi) is 4.50. The van der Waals surface area contributed by atoms with Crippen LogP contribution in [0.5, 0.6) is 0 Å². The minimum Gasteiger partial charge on any atom is -0.481 e. The van der Waals surface area contributed by atoms with E-state index in [-0.39, 0.29) is 19.6 Å².